The fraction of sp³-hybridized carbons (Fsp3) is 0.909. The molecule has 1 heterocycles. The van der Waals surface area contributed by atoms with Gasteiger partial charge in [-0.1, -0.05) is 25.6 Å². The van der Waals surface area contributed by atoms with Crippen LogP contribution < -0.4 is 5.32 Å². The standard InChI is InChI=1S/C11H21NOS/c1-9(2)14-11(13)4-3-10-5-7-12-8-6-10/h9-10,12H,3-8H2,1-2H3. The van der Waals surface area contributed by atoms with Crippen molar-refractivity contribution in [2.45, 2.75) is 44.8 Å². The molecule has 0 atom stereocenters. The molecule has 0 aromatic rings. The van der Waals surface area contributed by atoms with Gasteiger partial charge in [0.1, 0.15) is 0 Å². The molecule has 1 N–H and O–H groups in total. The maximum Gasteiger partial charge on any atom is 0.189 e. The highest BCUT2D eigenvalue weighted by Crippen LogP contribution is 2.21. The zero-order chi connectivity index (χ0) is 10.4. The summed E-state index contributed by atoms with van der Waals surface area (Å²) >= 11 is 1.49. The lowest BCUT2D eigenvalue weighted by Gasteiger charge is -2.22. The lowest BCUT2D eigenvalue weighted by atomic mass is 9.93. The average Bonchev–Trinajstić information content (AvgIpc) is 2.15. The molecule has 82 valence electrons. The minimum atomic E-state index is 0.374. The minimum absolute atomic E-state index is 0.374. The second-order valence-corrected chi connectivity index (χ2v) is 5.90. The number of rotatable bonds is 4. The molecule has 0 saturated carbocycles. The lowest BCUT2D eigenvalue weighted by molar-refractivity contribution is -0.111. The molecule has 14 heavy (non-hydrogen) atoms. The van der Waals surface area contributed by atoms with Gasteiger partial charge in [-0.25, -0.2) is 0 Å². The predicted octanol–water partition coefficient (Wildman–Crippen LogP) is 2.43. The summed E-state index contributed by atoms with van der Waals surface area (Å²) < 4.78 is 0. The first-order chi connectivity index (χ1) is 6.68. The number of thioether (sulfide) groups is 1. The molecular formula is C11H21NOS. The van der Waals surface area contributed by atoms with Gasteiger partial charge in [0.2, 0.25) is 0 Å². The normalized spacial score (nSPS) is 18.8. The van der Waals surface area contributed by atoms with E-state index in [9.17, 15) is 4.79 Å². The fourth-order valence-electron chi connectivity index (χ4n) is 1.81. The van der Waals surface area contributed by atoms with Gasteiger partial charge >= 0.3 is 0 Å². The zero-order valence-corrected chi connectivity index (χ0v) is 10.0. The van der Waals surface area contributed by atoms with Gasteiger partial charge in [-0.05, 0) is 38.3 Å². The maximum atomic E-state index is 11.4. The van der Waals surface area contributed by atoms with Crippen molar-refractivity contribution in [3.63, 3.8) is 0 Å². The van der Waals surface area contributed by atoms with Gasteiger partial charge in [0.15, 0.2) is 5.12 Å². The third-order valence-corrected chi connectivity index (χ3v) is 3.52. The molecule has 1 rings (SSSR count). The summed E-state index contributed by atoms with van der Waals surface area (Å²) in [4.78, 5) is 11.4. The van der Waals surface area contributed by atoms with Crippen LogP contribution in [-0.4, -0.2) is 23.5 Å². The van der Waals surface area contributed by atoms with Crippen LogP contribution in [0.2, 0.25) is 0 Å². The SMILES string of the molecule is CC(C)SC(=O)CCC1CCNCC1. The molecule has 0 amide bonds. The quantitative estimate of drug-likeness (QED) is 0.781. The smallest absolute Gasteiger partial charge is 0.189 e. The van der Waals surface area contributed by atoms with Gasteiger partial charge < -0.3 is 5.32 Å². The Balaban J connectivity index is 2.09. The van der Waals surface area contributed by atoms with Gasteiger partial charge in [0, 0.05) is 11.7 Å². The Hall–Kier alpha value is -0.0200. The molecule has 0 bridgehead atoms. The third kappa shape index (κ3) is 5.01. The van der Waals surface area contributed by atoms with Gasteiger partial charge in [-0.2, -0.15) is 0 Å². The van der Waals surface area contributed by atoms with E-state index in [4.69, 9.17) is 0 Å². The van der Waals surface area contributed by atoms with Crippen molar-refractivity contribution < 1.29 is 4.79 Å². The fourth-order valence-corrected chi connectivity index (χ4v) is 2.58. The van der Waals surface area contributed by atoms with Crippen LogP contribution in [0.1, 0.15) is 39.5 Å². The predicted molar refractivity (Wildman–Crippen MR) is 62.6 cm³/mol. The Morgan fingerprint density at radius 1 is 1.43 bits per heavy atom. The van der Waals surface area contributed by atoms with Crippen LogP contribution in [0, 0.1) is 5.92 Å². The summed E-state index contributed by atoms with van der Waals surface area (Å²) in [5, 5.41) is 4.16. The lowest BCUT2D eigenvalue weighted by Crippen LogP contribution is -2.27. The van der Waals surface area contributed by atoms with Crippen LogP contribution in [0.3, 0.4) is 0 Å². The van der Waals surface area contributed by atoms with Gasteiger partial charge in [-0.3, -0.25) is 4.79 Å². The van der Waals surface area contributed by atoms with Gasteiger partial charge in [0.25, 0.3) is 0 Å². The molecule has 0 unspecified atom stereocenters. The summed E-state index contributed by atoms with van der Waals surface area (Å²) in [6, 6.07) is 0. The van der Waals surface area contributed by atoms with Gasteiger partial charge in [-0.15, -0.1) is 0 Å². The van der Waals surface area contributed by atoms with Crippen molar-refractivity contribution in [3.8, 4) is 0 Å². The molecule has 0 aliphatic carbocycles. The van der Waals surface area contributed by atoms with Crippen LogP contribution in [0.4, 0.5) is 0 Å². The topological polar surface area (TPSA) is 29.1 Å². The highest BCUT2D eigenvalue weighted by atomic mass is 32.2. The number of carbonyl (C=O) groups is 1. The van der Waals surface area contributed by atoms with E-state index in [1.165, 1.54) is 24.6 Å². The van der Waals surface area contributed by atoms with E-state index < -0.39 is 0 Å². The molecule has 0 radical (unpaired) electrons. The molecule has 0 spiro atoms. The largest absolute Gasteiger partial charge is 0.317 e. The van der Waals surface area contributed by atoms with Crippen molar-refractivity contribution in [2.24, 2.45) is 5.92 Å². The molecule has 0 aromatic heterocycles. The Labute approximate surface area is 91.2 Å². The molecule has 1 fully saturated rings. The number of nitrogens with one attached hydrogen (secondary N) is 1. The molecule has 1 aliphatic rings. The Morgan fingerprint density at radius 2 is 2.07 bits per heavy atom. The average molecular weight is 215 g/mol. The molecule has 3 heteroatoms. The second-order valence-electron chi connectivity index (χ2n) is 4.27. The molecule has 1 saturated heterocycles. The third-order valence-electron chi connectivity index (χ3n) is 2.58. The number of carbonyl (C=O) groups excluding carboxylic acids is 1. The van der Waals surface area contributed by atoms with Crippen molar-refractivity contribution in [2.75, 3.05) is 13.1 Å². The van der Waals surface area contributed by atoms with E-state index in [2.05, 4.69) is 19.2 Å². The van der Waals surface area contributed by atoms with E-state index in [0.29, 0.717) is 10.4 Å². The maximum absolute atomic E-state index is 11.4. The highest BCUT2D eigenvalue weighted by Gasteiger charge is 2.14. The van der Waals surface area contributed by atoms with Crippen LogP contribution in [0.15, 0.2) is 0 Å². The first kappa shape index (κ1) is 12.1. The van der Waals surface area contributed by atoms with Crippen molar-refractivity contribution in [3.05, 3.63) is 0 Å². The number of hydrogen-bond acceptors (Lipinski definition) is 3. The summed E-state index contributed by atoms with van der Waals surface area (Å²) in [6.07, 6.45) is 4.37. The minimum Gasteiger partial charge on any atom is -0.317 e. The van der Waals surface area contributed by atoms with Crippen molar-refractivity contribution in [1.82, 2.24) is 5.32 Å². The number of piperidine rings is 1. The van der Waals surface area contributed by atoms with Crippen LogP contribution in [-0.2, 0) is 4.79 Å². The molecule has 0 aromatic carbocycles. The Kier molecular flexibility index (Phi) is 5.56. The van der Waals surface area contributed by atoms with E-state index >= 15 is 0 Å². The van der Waals surface area contributed by atoms with E-state index in [-0.39, 0.29) is 0 Å². The van der Waals surface area contributed by atoms with E-state index in [1.807, 2.05) is 0 Å². The van der Waals surface area contributed by atoms with Crippen LogP contribution in [0.25, 0.3) is 0 Å². The number of hydrogen-bond donors (Lipinski definition) is 1. The molecule has 1 aliphatic heterocycles. The van der Waals surface area contributed by atoms with E-state index in [0.717, 1.165) is 31.8 Å². The summed E-state index contributed by atoms with van der Waals surface area (Å²) in [6.45, 7) is 6.42. The molecule has 2 nitrogen and oxygen atoms in total. The first-order valence-corrected chi connectivity index (χ1v) is 6.46. The van der Waals surface area contributed by atoms with Crippen molar-refractivity contribution in [1.29, 1.82) is 0 Å². The van der Waals surface area contributed by atoms with E-state index in [1.54, 1.807) is 0 Å². The summed E-state index contributed by atoms with van der Waals surface area (Å²) in [7, 11) is 0. The highest BCUT2D eigenvalue weighted by molar-refractivity contribution is 8.14. The summed E-state index contributed by atoms with van der Waals surface area (Å²) in [5.41, 5.74) is 0. The molecular weight excluding hydrogens is 194 g/mol. The first-order valence-electron chi connectivity index (χ1n) is 5.58. The Bertz CT molecular complexity index is 176. The summed E-state index contributed by atoms with van der Waals surface area (Å²) in [5.74, 6) is 0.785. The van der Waals surface area contributed by atoms with Crippen LogP contribution in [0.5, 0.6) is 0 Å². The second kappa shape index (κ2) is 6.46. The Morgan fingerprint density at radius 3 is 2.64 bits per heavy atom. The van der Waals surface area contributed by atoms with Crippen LogP contribution >= 0.6 is 11.8 Å². The van der Waals surface area contributed by atoms with Gasteiger partial charge in [0.05, 0.1) is 0 Å². The van der Waals surface area contributed by atoms with Crippen molar-refractivity contribution >= 4 is 16.9 Å². The zero-order valence-electron chi connectivity index (χ0n) is 9.21. The monoisotopic (exact) mass is 215 g/mol.